The van der Waals surface area contributed by atoms with Crippen LogP contribution in [0.3, 0.4) is 0 Å². The van der Waals surface area contributed by atoms with Crippen LogP contribution in [0.2, 0.25) is 0 Å². The lowest BCUT2D eigenvalue weighted by Gasteiger charge is -2.12. The van der Waals surface area contributed by atoms with E-state index < -0.39 is 0 Å². The van der Waals surface area contributed by atoms with Gasteiger partial charge in [-0.2, -0.15) is 0 Å². The summed E-state index contributed by atoms with van der Waals surface area (Å²) in [4.78, 5) is 0. The first-order valence-electron chi connectivity index (χ1n) is 7.40. The lowest BCUT2D eigenvalue weighted by atomic mass is 10.2. The molecule has 0 bridgehead atoms. The Balaban J connectivity index is 1.83. The third-order valence-corrected chi connectivity index (χ3v) is 3.27. The molecule has 0 amide bonds. The van der Waals surface area contributed by atoms with E-state index in [9.17, 15) is 0 Å². The number of hydrogen-bond donors (Lipinski definition) is 2. The summed E-state index contributed by atoms with van der Waals surface area (Å²) in [5.41, 5.74) is 3.36. The van der Waals surface area contributed by atoms with Gasteiger partial charge in [0.15, 0.2) is 5.11 Å². The van der Waals surface area contributed by atoms with Crippen molar-refractivity contribution >= 4 is 23.0 Å². The minimum Gasteiger partial charge on any atom is -0.491 e. The fourth-order valence-corrected chi connectivity index (χ4v) is 2.23. The third-order valence-electron chi connectivity index (χ3n) is 3.02. The first-order chi connectivity index (χ1) is 10.5. The van der Waals surface area contributed by atoms with Crippen molar-refractivity contribution < 1.29 is 4.74 Å². The molecule has 3 nitrogen and oxygen atoms in total. The van der Waals surface area contributed by atoms with E-state index in [1.54, 1.807) is 0 Å². The van der Waals surface area contributed by atoms with E-state index in [0.29, 0.717) is 11.7 Å². The Labute approximate surface area is 137 Å². The molecule has 0 aliphatic heterocycles. The number of ether oxygens (including phenoxy) is 1. The Bertz CT molecular complexity index is 623. The molecule has 2 rings (SSSR count). The average Bonchev–Trinajstić information content (AvgIpc) is 2.46. The molecule has 2 aromatic rings. The predicted octanol–water partition coefficient (Wildman–Crippen LogP) is 4.27. The number of hydrogen-bond acceptors (Lipinski definition) is 2. The zero-order valence-electron chi connectivity index (χ0n) is 13.2. The zero-order valence-corrected chi connectivity index (χ0v) is 14.0. The van der Waals surface area contributed by atoms with Crippen LogP contribution in [0.1, 0.15) is 25.0 Å². The van der Waals surface area contributed by atoms with Crippen LogP contribution in [-0.2, 0) is 6.54 Å². The molecule has 0 aliphatic carbocycles. The lowest BCUT2D eigenvalue weighted by Crippen LogP contribution is -2.27. The molecule has 0 heterocycles. The van der Waals surface area contributed by atoms with Gasteiger partial charge in [0.25, 0.3) is 0 Å². The van der Waals surface area contributed by atoms with Gasteiger partial charge in [0, 0.05) is 12.2 Å². The minimum atomic E-state index is 0.190. The summed E-state index contributed by atoms with van der Waals surface area (Å²) in [6, 6.07) is 16.2. The normalized spacial score (nSPS) is 10.4. The molecule has 2 aromatic carbocycles. The molecule has 0 aliphatic rings. The van der Waals surface area contributed by atoms with Crippen molar-refractivity contribution in [3.63, 3.8) is 0 Å². The highest BCUT2D eigenvalue weighted by molar-refractivity contribution is 7.80. The Morgan fingerprint density at radius 3 is 2.50 bits per heavy atom. The molecule has 0 saturated heterocycles. The lowest BCUT2D eigenvalue weighted by molar-refractivity contribution is 0.242. The van der Waals surface area contributed by atoms with Crippen LogP contribution in [-0.4, -0.2) is 11.2 Å². The highest BCUT2D eigenvalue weighted by Crippen LogP contribution is 2.14. The van der Waals surface area contributed by atoms with Gasteiger partial charge in [-0.25, -0.2) is 0 Å². The molecule has 0 atom stereocenters. The van der Waals surface area contributed by atoms with E-state index in [1.807, 2.05) is 50.2 Å². The number of aryl methyl sites for hydroxylation is 1. The second-order valence-electron chi connectivity index (χ2n) is 5.49. The second-order valence-corrected chi connectivity index (χ2v) is 5.90. The maximum atomic E-state index is 5.63. The fraction of sp³-hybridized carbons (Fsp3) is 0.278. The van der Waals surface area contributed by atoms with Crippen LogP contribution in [0.25, 0.3) is 0 Å². The Morgan fingerprint density at radius 2 is 1.86 bits per heavy atom. The van der Waals surface area contributed by atoms with Crippen molar-refractivity contribution in [2.75, 3.05) is 5.32 Å². The van der Waals surface area contributed by atoms with Gasteiger partial charge in [0.05, 0.1) is 6.10 Å². The van der Waals surface area contributed by atoms with Gasteiger partial charge in [-0.1, -0.05) is 24.3 Å². The summed E-state index contributed by atoms with van der Waals surface area (Å²) in [7, 11) is 0. The SMILES string of the molecule is Cc1cccc(NC(=S)NCc2ccc(OC(C)C)cc2)c1. The third kappa shape index (κ3) is 5.37. The Hall–Kier alpha value is -2.07. The second kappa shape index (κ2) is 7.80. The van der Waals surface area contributed by atoms with Crippen molar-refractivity contribution in [2.24, 2.45) is 0 Å². The van der Waals surface area contributed by atoms with Crippen LogP contribution in [0.5, 0.6) is 5.75 Å². The monoisotopic (exact) mass is 314 g/mol. The van der Waals surface area contributed by atoms with Gasteiger partial charge < -0.3 is 15.4 Å². The molecule has 0 spiro atoms. The summed E-state index contributed by atoms with van der Waals surface area (Å²) in [6.07, 6.45) is 0.190. The highest BCUT2D eigenvalue weighted by Gasteiger charge is 2.00. The van der Waals surface area contributed by atoms with E-state index in [4.69, 9.17) is 17.0 Å². The molecule has 0 radical (unpaired) electrons. The number of anilines is 1. The zero-order chi connectivity index (χ0) is 15.9. The topological polar surface area (TPSA) is 33.3 Å². The molecule has 0 unspecified atom stereocenters. The Kier molecular flexibility index (Phi) is 5.78. The largest absolute Gasteiger partial charge is 0.491 e. The molecular formula is C18H22N2OS. The van der Waals surface area contributed by atoms with Gasteiger partial charge in [0.2, 0.25) is 0 Å². The molecule has 2 N–H and O–H groups in total. The van der Waals surface area contributed by atoms with Gasteiger partial charge >= 0.3 is 0 Å². The smallest absolute Gasteiger partial charge is 0.171 e. The summed E-state index contributed by atoms with van der Waals surface area (Å²) >= 11 is 5.31. The van der Waals surface area contributed by atoms with E-state index in [0.717, 1.165) is 17.0 Å². The fourth-order valence-electron chi connectivity index (χ4n) is 2.04. The van der Waals surface area contributed by atoms with Crippen LogP contribution in [0.4, 0.5) is 5.69 Å². The van der Waals surface area contributed by atoms with Crippen molar-refractivity contribution in [1.82, 2.24) is 5.32 Å². The first-order valence-corrected chi connectivity index (χ1v) is 7.81. The molecule has 4 heteroatoms. The number of benzene rings is 2. The van der Waals surface area contributed by atoms with Crippen molar-refractivity contribution in [3.8, 4) is 5.75 Å². The summed E-state index contributed by atoms with van der Waals surface area (Å²) in [5, 5.41) is 7.01. The summed E-state index contributed by atoms with van der Waals surface area (Å²) in [5.74, 6) is 0.888. The summed E-state index contributed by atoms with van der Waals surface area (Å²) < 4.78 is 5.63. The summed E-state index contributed by atoms with van der Waals surface area (Å²) in [6.45, 7) is 6.78. The van der Waals surface area contributed by atoms with Gasteiger partial charge in [-0.05, 0) is 68.4 Å². The van der Waals surface area contributed by atoms with E-state index in [-0.39, 0.29) is 6.10 Å². The molecule has 0 aromatic heterocycles. The molecular weight excluding hydrogens is 292 g/mol. The number of rotatable bonds is 5. The van der Waals surface area contributed by atoms with Crippen molar-refractivity contribution in [1.29, 1.82) is 0 Å². The number of nitrogens with one attached hydrogen (secondary N) is 2. The van der Waals surface area contributed by atoms with Gasteiger partial charge in [-0.3, -0.25) is 0 Å². The average molecular weight is 314 g/mol. The minimum absolute atomic E-state index is 0.190. The quantitative estimate of drug-likeness (QED) is 0.808. The van der Waals surface area contributed by atoms with Crippen LogP contribution >= 0.6 is 12.2 Å². The van der Waals surface area contributed by atoms with E-state index in [2.05, 4.69) is 29.7 Å². The molecule has 22 heavy (non-hydrogen) atoms. The molecule has 116 valence electrons. The van der Waals surface area contributed by atoms with Crippen molar-refractivity contribution in [3.05, 3.63) is 59.7 Å². The Morgan fingerprint density at radius 1 is 1.14 bits per heavy atom. The van der Waals surface area contributed by atoms with E-state index in [1.165, 1.54) is 5.56 Å². The highest BCUT2D eigenvalue weighted by atomic mass is 32.1. The number of thiocarbonyl (C=S) groups is 1. The maximum Gasteiger partial charge on any atom is 0.171 e. The molecule has 0 saturated carbocycles. The first kappa shape index (κ1) is 16.3. The van der Waals surface area contributed by atoms with Gasteiger partial charge in [-0.15, -0.1) is 0 Å². The predicted molar refractivity (Wildman–Crippen MR) is 96.4 cm³/mol. The van der Waals surface area contributed by atoms with Crippen LogP contribution < -0.4 is 15.4 Å². The van der Waals surface area contributed by atoms with E-state index >= 15 is 0 Å². The van der Waals surface area contributed by atoms with Crippen molar-refractivity contribution in [2.45, 2.75) is 33.4 Å². The van der Waals surface area contributed by atoms with Crippen LogP contribution in [0, 0.1) is 6.92 Å². The standard InChI is InChI=1S/C18H22N2OS/c1-13(2)21-17-9-7-15(8-10-17)12-19-18(22)20-16-6-4-5-14(3)11-16/h4-11,13H,12H2,1-3H3,(H2,19,20,22). The van der Waals surface area contributed by atoms with Crippen LogP contribution in [0.15, 0.2) is 48.5 Å². The maximum absolute atomic E-state index is 5.63. The van der Waals surface area contributed by atoms with Gasteiger partial charge in [0.1, 0.15) is 5.75 Å². The molecule has 0 fully saturated rings.